The van der Waals surface area contributed by atoms with Gasteiger partial charge in [-0.3, -0.25) is 28.8 Å². The molecule has 9 aliphatic rings. The summed E-state index contributed by atoms with van der Waals surface area (Å²) < 4.78 is 87.3. The molecule has 25 heteroatoms. The van der Waals surface area contributed by atoms with Gasteiger partial charge < -0.3 is 66.3 Å². The zero-order valence-corrected chi connectivity index (χ0v) is 50.2. The van der Waals surface area contributed by atoms with Crippen LogP contribution in [0.2, 0.25) is 0 Å². The molecule has 82 heavy (non-hydrogen) atoms. The molecule has 10 rings (SSSR count). The van der Waals surface area contributed by atoms with E-state index >= 15 is 0 Å². The van der Waals surface area contributed by atoms with E-state index in [0.29, 0.717) is 61.2 Å². The number of carbonyl (C=O) groups is 6. The van der Waals surface area contributed by atoms with Gasteiger partial charge in [0, 0.05) is 30.2 Å². The number of ketones is 1. The Kier molecular flexibility index (Phi) is 19.6. The third-order valence-electron chi connectivity index (χ3n) is 19.5. The summed E-state index contributed by atoms with van der Waals surface area (Å²) in [6, 6.07) is 6.80. The molecule has 0 amide bonds. The van der Waals surface area contributed by atoms with Gasteiger partial charge in [0.05, 0.1) is 32.5 Å². The van der Waals surface area contributed by atoms with Crippen LogP contribution in [0.4, 0.5) is 0 Å². The van der Waals surface area contributed by atoms with Crippen LogP contribution in [0.1, 0.15) is 97.3 Å². The monoisotopic (exact) mass is 1250 g/mol. The van der Waals surface area contributed by atoms with Gasteiger partial charge in [0.25, 0.3) is 0 Å². The van der Waals surface area contributed by atoms with Crippen molar-refractivity contribution in [2.75, 3.05) is 56.3 Å². The first-order chi connectivity index (χ1) is 39.3. The third kappa shape index (κ3) is 12.1. The molecule has 20 nitrogen and oxygen atoms in total. The third-order valence-corrected chi connectivity index (χ3v) is 20.6. The Hall–Kier alpha value is -2.83. The van der Waals surface area contributed by atoms with Crippen LogP contribution in [0.25, 0.3) is 0 Å². The summed E-state index contributed by atoms with van der Waals surface area (Å²) in [7, 11) is 1.52. The van der Waals surface area contributed by atoms with E-state index in [9.17, 15) is 28.8 Å². The molecule has 1 aromatic carbocycles. The van der Waals surface area contributed by atoms with Crippen molar-refractivity contribution in [3.8, 4) is 5.75 Å². The molecule has 0 radical (unpaired) electrons. The Morgan fingerprint density at radius 2 is 1.29 bits per heavy atom. The fourth-order valence-corrected chi connectivity index (χ4v) is 16.2. The molecule has 4 unspecified atom stereocenters. The number of methoxy groups -OCH3 is 1. The number of fused-ring (bicyclic) bond motifs is 8. The highest BCUT2D eigenvalue weighted by atomic mass is 35.5. The topological polar surface area (TPSA) is 232 Å². The van der Waals surface area contributed by atoms with Crippen LogP contribution >= 0.6 is 58.0 Å². The summed E-state index contributed by atoms with van der Waals surface area (Å²) in [5.41, 5.74) is -0.0145. The van der Waals surface area contributed by atoms with E-state index in [1.165, 1.54) is 7.11 Å². The number of rotatable bonds is 17. The first-order valence-electron chi connectivity index (χ1n) is 28.4. The maximum absolute atomic E-state index is 15.0. The van der Waals surface area contributed by atoms with Gasteiger partial charge in [-0.15, -0.1) is 58.0 Å². The number of ether oxygens (including phenoxy) is 14. The average Bonchev–Trinajstić information content (AvgIpc) is 1.67. The molecule has 1 spiro atoms. The second-order valence-corrected chi connectivity index (χ2v) is 25.4. The van der Waals surface area contributed by atoms with E-state index in [1.807, 2.05) is 0 Å². The number of Topliss-reactive ketones (excluding diaryl/α,β-unsaturated/α-hetero) is 1. The van der Waals surface area contributed by atoms with Gasteiger partial charge in [0.1, 0.15) is 72.0 Å². The average molecular weight is 1260 g/mol. The Bertz CT molecular complexity index is 2490. The number of alkyl halides is 5. The maximum atomic E-state index is 15.0. The van der Waals surface area contributed by atoms with Gasteiger partial charge in [-0.25, -0.2) is 0 Å². The molecule has 23 atom stereocenters. The second-order valence-electron chi connectivity index (χ2n) is 24.1. The van der Waals surface area contributed by atoms with E-state index in [0.717, 1.165) is 32.1 Å². The molecule has 0 aromatic heterocycles. The number of esters is 5. The van der Waals surface area contributed by atoms with Crippen molar-refractivity contribution in [2.24, 2.45) is 52.3 Å². The van der Waals surface area contributed by atoms with Crippen molar-refractivity contribution in [3.63, 3.8) is 0 Å². The molecule has 4 saturated carbocycles. The standard InChI is InChI=1S/C57H73Cl5O20/c1-27-12-15-57(72-24-27)28(2)44-36(82-57)17-34-33-11-8-30-16-32(13-14-55(30,3)45(33)35(63)18-56(34,44)4)73-53-50(78-42(67)22-61)49(77-41(66)21-60)47(37(74-53)25-70-39(64)19-58)81-54-51(79-43(68)23-62)48(76-40(65)20-59)46-38(75-54)26-71-52(80-46)29-6-9-31(69-5)10-7-29/h6-7,9-10,27-28,30,32-34,36-38,44-54H,8,11-26H2,1-5H3/t27-,28?,30+,32+,33+,34+,36?,37-,38-,44?,45-,46-,47-,48+,49+,50-,51-,52?,53-,54+,55+,56+,57-/m1/s1. The minimum atomic E-state index is -1.79. The van der Waals surface area contributed by atoms with Gasteiger partial charge in [0.15, 0.2) is 49.1 Å². The quantitative estimate of drug-likeness (QED) is 0.0642. The van der Waals surface area contributed by atoms with Crippen molar-refractivity contribution in [2.45, 2.75) is 171 Å². The summed E-state index contributed by atoms with van der Waals surface area (Å²) in [6.07, 6.45) is -10.4. The molecular weight excluding hydrogens is 1180 g/mol. The Morgan fingerprint density at radius 1 is 0.659 bits per heavy atom. The predicted molar refractivity (Wildman–Crippen MR) is 290 cm³/mol. The van der Waals surface area contributed by atoms with Gasteiger partial charge >= 0.3 is 29.8 Å². The lowest BCUT2D eigenvalue weighted by Gasteiger charge is -2.60. The van der Waals surface area contributed by atoms with Crippen LogP contribution < -0.4 is 4.74 Å². The highest BCUT2D eigenvalue weighted by Crippen LogP contribution is 2.71. The first-order valence-corrected chi connectivity index (χ1v) is 31.1. The largest absolute Gasteiger partial charge is 0.497 e. The molecule has 4 aliphatic carbocycles. The summed E-state index contributed by atoms with van der Waals surface area (Å²) >= 11 is 30.1. The molecule has 5 saturated heterocycles. The fourth-order valence-electron chi connectivity index (χ4n) is 15.9. The number of carbonyl (C=O) groups excluding carboxylic acids is 6. The van der Waals surface area contributed by atoms with Gasteiger partial charge in [-0.1, -0.05) is 39.8 Å². The Morgan fingerprint density at radius 3 is 1.93 bits per heavy atom. The predicted octanol–water partition coefficient (Wildman–Crippen LogP) is 7.34. The van der Waals surface area contributed by atoms with E-state index in [1.54, 1.807) is 24.3 Å². The van der Waals surface area contributed by atoms with Crippen LogP contribution in [0, 0.1) is 52.3 Å². The van der Waals surface area contributed by atoms with Crippen LogP contribution in [0.5, 0.6) is 5.75 Å². The first kappa shape index (κ1) is 62.2. The number of halogens is 5. The normalized spacial score (nSPS) is 43.0. The SMILES string of the molecule is COc1ccc(C2OC[C@H]3O[C@@H](O[C@H]4[C@H](OC(=O)CCl)[C@@H](OC(=O)CCl)[C@H](O[C@H]5CC[C@@]6(C)[C@@H](CC[C@@H]7[C@@H]6C(=O)C[C@]6(C)C8C(C[C@@H]76)O[C@]6(CC[C@@H](C)CO6)C8C)C5)O[C@@H]4COC(=O)CCl)[C@H](OC(=O)CCl)[C@@H](OC(=O)CCl)[C@@H]3O2)cc1. The maximum Gasteiger partial charge on any atom is 0.321 e. The van der Waals surface area contributed by atoms with E-state index in [2.05, 4.69) is 27.7 Å². The lowest BCUT2D eigenvalue weighted by atomic mass is 9.44. The number of hydrogen-bond donors (Lipinski definition) is 0. The van der Waals surface area contributed by atoms with E-state index < -0.39 is 145 Å². The minimum Gasteiger partial charge on any atom is -0.497 e. The molecular formula is C57H73Cl5O20. The molecule has 5 heterocycles. The summed E-state index contributed by atoms with van der Waals surface area (Å²) in [4.78, 5) is 81.1. The molecule has 456 valence electrons. The molecule has 0 N–H and O–H groups in total. The zero-order chi connectivity index (χ0) is 58.4. The van der Waals surface area contributed by atoms with Crippen LogP contribution in [0.15, 0.2) is 24.3 Å². The highest BCUT2D eigenvalue weighted by molar-refractivity contribution is 6.27. The summed E-state index contributed by atoms with van der Waals surface area (Å²) in [5.74, 6) is -6.45. The fraction of sp³-hybridized carbons (Fsp3) is 0.789. The van der Waals surface area contributed by atoms with Gasteiger partial charge in [0.2, 0.25) is 0 Å². The highest BCUT2D eigenvalue weighted by Gasteiger charge is 2.71. The van der Waals surface area contributed by atoms with Gasteiger partial charge in [-0.2, -0.15) is 0 Å². The minimum absolute atomic E-state index is 0.0337. The van der Waals surface area contributed by atoms with Crippen molar-refractivity contribution >= 4 is 93.6 Å². The van der Waals surface area contributed by atoms with Crippen LogP contribution in [-0.2, 0) is 90.3 Å². The van der Waals surface area contributed by atoms with Crippen molar-refractivity contribution < 1.29 is 95.1 Å². The lowest BCUT2D eigenvalue weighted by Crippen LogP contribution is -2.68. The Labute approximate surface area is 501 Å². The molecule has 1 aromatic rings. The lowest BCUT2D eigenvalue weighted by molar-refractivity contribution is -0.388. The second kappa shape index (κ2) is 25.9. The smallest absolute Gasteiger partial charge is 0.321 e. The van der Waals surface area contributed by atoms with E-state index in [-0.39, 0.29) is 53.1 Å². The number of hydrogen-bond acceptors (Lipinski definition) is 20. The number of benzene rings is 1. The molecule has 5 aliphatic heterocycles. The van der Waals surface area contributed by atoms with E-state index in [4.69, 9.17) is 124 Å². The van der Waals surface area contributed by atoms with Crippen molar-refractivity contribution in [1.82, 2.24) is 0 Å². The molecule has 9 fully saturated rings. The van der Waals surface area contributed by atoms with Crippen molar-refractivity contribution in [3.05, 3.63) is 29.8 Å². The molecule has 0 bridgehead atoms. The summed E-state index contributed by atoms with van der Waals surface area (Å²) in [5, 5.41) is 0. The zero-order valence-electron chi connectivity index (χ0n) is 46.4. The van der Waals surface area contributed by atoms with Crippen LogP contribution in [-0.4, -0.2) is 171 Å². The van der Waals surface area contributed by atoms with Crippen LogP contribution in [0.3, 0.4) is 0 Å². The summed E-state index contributed by atoms with van der Waals surface area (Å²) in [6.45, 7) is 8.91. The van der Waals surface area contributed by atoms with Crippen molar-refractivity contribution in [1.29, 1.82) is 0 Å². The Balaban J connectivity index is 0.914. The van der Waals surface area contributed by atoms with Gasteiger partial charge in [-0.05, 0) is 97.5 Å².